The minimum atomic E-state index is -0.274. The Morgan fingerprint density at radius 2 is 1.74 bits per heavy atom. The molecule has 3 heterocycles. The van der Waals surface area contributed by atoms with E-state index in [0.717, 1.165) is 44.1 Å². The maximum absolute atomic E-state index is 12.1. The number of hydrogen-bond acceptors (Lipinski definition) is 6. The van der Waals surface area contributed by atoms with Crippen LogP contribution in [-0.4, -0.2) is 46.6 Å². The first-order valence-electron chi connectivity index (χ1n) is 9.20. The van der Waals surface area contributed by atoms with Gasteiger partial charge in [0.15, 0.2) is 5.58 Å². The lowest BCUT2D eigenvalue weighted by Gasteiger charge is -2.35. The second-order valence-electron chi connectivity index (χ2n) is 6.82. The van der Waals surface area contributed by atoms with Crippen LogP contribution >= 0.6 is 11.5 Å². The summed E-state index contributed by atoms with van der Waals surface area (Å²) in [7, 11) is 0. The molecule has 0 amide bonds. The molecule has 0 bridgehead atoms. The van der Waals surface area contributed by atoms with Crippen molar-refractivity contribution in [3.05, 3.63) is 59.1 Å². The summed E-state index contributed by atoms with van der Waals surface area (Å²) in [5.41, 5.74) is 1.53. The van der Waals surface area contributed by atoms with Crippen LogP contribution in [0.25, 0.3) is 21.2 Å². The molecule has 1 aliphatic rings. The van der Waals surface area contributed by atoms with Crippen LogP contribution in [0.2, 0.25) is 0 Å². The van der Waals surface area contributed by atoms with Crippen LogP contribution < -0.4 is 10.7 Å². The normalized spacial score (nSPS) is 15.8. The van der Waals surface area contributed by atoms with E-state index >= 15 is 0 Å². The maximum atomic E-state index is 12.1. The summed E-state index contributed by atoms with van der Waals surface area (Å²) in [5, 5.41) is 1.24. The van der Waals surface area contributed by atoms with Crippen LogP contribution in [0.3, 0.4) is 0 Å². The monoisotopic (exact) mass is 380 g/mol. The minimum Gasteiger partial charge on any atom is -0.408 e. The lowest BCUT2D eigenvalue weighted by molar-refractivity contribution is 0.246. The second kappa shape index (κ2) is 6.83. The molecule has 1 fully saturated rings. The highest BCUT2D eigenvalue weighted by Crippen LogP contribution is 2.29. The fraction of sp³-hybridized carbons (Fsp3) is 0.300. The van der Waals surface area contributed by atoms with Crippen molar-refractivity contribution in [2.24, 2.45) is 0 Å². The molecule has 6 nitrogen and oxygen atoms in total. The quantitative estimate of drug-likeness (QED) is 0.545. The molecule has 2 aromatic heterocycles. The van der Waals surface area contributed by atoms with Gasteiger partial charge in [-0.15, -0.1) is 0 Å². The van der Waals surface area contributed by atoms with Crippen molar-refractivity contribution in [2.75, 3.05) is 37.6 Å². The van der Waals surface area contributed by atoms with E-state index in [1.165, 1.54) is 10.1 Å². The summed E-state index contributed by atoms with van der Waals surface area (Å²) in [6.45, 7) is 5.33. The highest BCUT2D eigenvalue weighted by atomic mass is 32.1. The standard InChI is InChI=1S/C20H20N4O2S/c25-20-24(16-6-2-3-7-17(16)26-20)14-11-22-9-12-23(13-10-22)19-15-5-1-4-8-18(15)27-21-19/h1-8H,9-14H2. The largest absolute Gasteiger partial charge is 0.419 e. The van der Waals surface area contributed by atoms with Gasteiger partial charge in [-0.1, -0.05) is 24.3 Å². The molecule has 0 N–H and O–H groups in total. The van der Waals surface area contributed by atoms with Crippen molar-refractivity contribution in [2.45, 2.75) is 6.54 Å². The zero-order valence-corrected chi connectivity index (χ0v) is 15.7. The highest BCUT2D eigenvalue weighted by Gasteiger charge is 2.21. The van der Waals surface area contributed by atoms with E-state index < -0.39 is 0 Å². The molecule has 0 aliphatic carbocycles. The smallest absolute Gasteiger partial charge is 0.408 e. The number of aromatic nitrogens is 2. The first-order chi connectivity index (χ1) is 13.3. The van der Waals surface area contributed by atoms with E-state index in [9.17, 15) is 4.79 Å². The van der Waals surface area contributed by atoms with Crippen LogP contribution in [0.5, 0.6) is 0 Å². The van der Waals surface area contributed by atoms with Gasteiger partial charge in [0.1, 0.15) is 5.82 Å². The van der Waals surface area contributed by atoms with Crippen molar-refractivity contribution in [1.29, 1.82) is 0 Å². The van der Waals surface area contributed by atoms with E-state index in [-0.39, 0.29) is 5.76 Å². The summed E-state index contributed by atoms with van der Waals surface area (Å²) < 4.78 is 13.0. The fourth-order valence-corrected chi connectivity index (χ4v) is 4.55. The lowest BCUT2D eigenvalue weighted by Crippen LogP contribution is -2.47. The van der Waals surface area contributed by atoms with Gasteiger partial charge in [-0.2, -0.15) is 4.37 Å². The molecule has 27 heavy (non-hydrogen) atoms. The van der Waals surface area contributed by atoms with Gasteiger partial charge >= 0.3 is 5.76 Å². The lowest BCUT2D eigenvalue weighted by atomic mass is 10.2. The van der Waals surface area contributed by atoms with Crippen LogP contribution in [0.15, 0.2) is 57.7 Å². The first kappa shape index (κ1) is 16.5. The molecule has 4 aromatic rings. The molecule has 7 heteroatoms. The maximum Gasteiger partial charge on any atom is 0.419 e. The molecule has 1 saturated heterocycles. The van der Waals surface area contributed by atoms with Crippen LogP contribution in [0, 0.1) is 0 Å². The fourth-order valence-electron chi connectivity index (χ4n) is 3.75. The van der Waals surface area contributed by atoms with Crippen LogP contribution in [0.1, 0.15) is 0 Å². The number of nitrogens with zero attached hydrogens (tertiary/aromatic N) is 4. The summed E-state index contributed by atoms with van der Waals surface area (Å²) >= 11 is 1.57. The summed E-state index contributed by atoms with van der Waals surface area (Å²) in [4.78, 5) is 16.9. The van der Waals surface area contributed by atoms with Crippen molar-refractivity contribution < 1.29 is 4.42 Å². The topological polar surface area (TPSA) is 54.5 Å². The molecule has 0 atom stereocenters. The van der Waals surface area contributed by atoms with Gasteiger partial charge in [-0.25, -0.2) is 4.79 Å². The zero-order chi connectivity index (χ0) is 18.2. The number of para-hydroxylation sites is 2. The molecule has 1 aliphatic heterocycles. The Labute approximate surface area is 160 Å². The average Bonchev–Trinajstić information content (AvgIpc) is 3.27. The third kappa shape index (κ3) is 3.02. The SMILES string of the molecule is O=c1oc2ccccc2n1CCN1CCN(c2nsc3ccccc23)CC1. The molecule has 5 rings (SSSR count). The summed E-state index contributed by atoms with van der Waals surface area (Å²) in [6.07, 6.45) is 0. The van der Waals surface area contributed by atoms with Crippen LogP contribution in [0.4, 0.5) is 5.82 Å². The van der Waals surface area contributed by atoms with Crippen molar-refractivity contribution in [3.63, 3.8) is 0 Å². The number of benzene rings is 2. The van der Waals surface area contributed by atoms with Crippen molar-refractivity contribution in [1.82, 2.24) is 13.8 Å². The third-order valence-electron chi connectivity index (χ3n) is 5.24. The summed E-state index contributed by atoms with van der Waals surface area (Å²) in [5.74, 6) is 0.830. The van der Waals surface area contributed by atoms with Gasteiger partial charge in [0.2, 0.25) is 0 Å². The average molecular weight is 380 g/mol. The third-order valence-corrected chi connectivity index (χ3v) is 6.06. The van der Waals surface area contributed by atoms with E-state index in [4.69, 9.17) is 4.42 Å². The Balaban J connectivity index is 1.25. The Kier molecular flexibility index (Phi) is 4.18. The zero-order valence-electron chi connectivity index (χ0n) is 14.9. The van der Waals surface area contributed by atoms with Gasteiger partial charge in [0, 0.05) is 44.7 Å². The second-order valence-corrected chi connectivity index (χ2v) is 7.62. The number of hydrogen-bond donors (Lipinski definition) is 0. The van der Waals surface area contributed by atoms with Gasteiger partial charge in [-0.3, -0.25) is 9.47 Å². The Morgan fingerprint density at radius 1 is 0.963 bits per heavy atom. The van der Waals surface area contributed by atoms with E-state index in [0.29, 0.717) is 12.1 Å². The van der Waals surface area contributed by atoms with E-state index in [1.54, 1.807) is 16.1 Å². The molecule has 0 unspecified atom stereocenters. The molecule has 0 spiro atoms. The number of anilines is 1. The van der Waals surface area contributed by atoms with Crippen molar-refractivity contribution >= 4 is 38.5 Å². The molecule has 138 valence electrons. The Bertz CT molecular complexity index is 1140. The first-order valence-corrected chi connectivity index (χ1v) is 9.97. The predicted octanol–water partition coefficient (Wildman–Crippen LogP) is 3.03. The minimum absolute atomic E-state index is 0.274. The number of rotatable bonds is 4. The Morgan fingerprint density at radius 3 is 2.63 bits per heavy atom. The predicted molar refractivity (Wildman–Crippen MR) is 109 cm³/mol. The molecule has 0 radical (unpaired) electrons. The van der Waals surface area contributed by atoms with Crippen molar-refractivity contribution in [3.8, 4) is 0 Å². The molecule has 0 saturated carbocycles. The summed E-state index contributed by atoms with van der Waals surface area (Å²) in [6, 6.07) is 16.0. The van der Waals surface area contributed by atoms with Crippen LogP contribution in [-0.2, 0) is 6.54 Å². The Hall–Kier alpha value is -2.64. The molecular weight excluding hydrogens is 360 g/mol. The highest BCUT2D eigenvalue weighted by molar-refractivity contribution is 7.13. The van der Waals surface area contributed by atoms with E-state index in [1.807, 2.05) is 24.3 Å². The number of oxazole rings is 1. The van der Waals surface area contributed by atoms with Gasteiger partial charge in [0.05, 0.1) is 10.2 Å². The molecular formula is C20H20N4O2S. The van der Waals surface area contributed by atoms with E-state index in [2.05, 4.69) is 38.4 Å². The molecule has 2 aromatic carbocycles. The van der Waals surface area contributed by atoms with Gasteiger partial charge in [-0.05, 0) is 35.8 Å². The number of piperazine rings is 1. The van der Waals surface area contributed by atoms with Gasteiger partial charge in [0.25, 0.3) is 0 Å². The van der Waals surface area contributed by atoms with Gasteiger partial charge < -0.3 is 9.32 Å². The number of fused-ring (bicyclic) bond motifs is 2.